The zero-order valence-electron chi connectivity index (χ0n) is 13.0. The molecular weight excluding hydrogens is 254 g/mol. The predicted molar refractivity (Wildman–Crippen MR) is 81.8 cm³/mol. The number of nitrogens with zero attached hydrogens (tertiary/aromatic N) is 1. The maximum atomic E-state index is 6.20. The van der Waals surface area contributed by atoms with Crippen molar-refractivity contribution in [3.63, 3.8) is 0 Å². The van der Waals surface area contributed by atoms with Gasteiger partial charge in [-0.3, -0.25) is 0 Å². The van der Waals surface area contributed by atoms with Gasteiger partial charge in [0.15, 0.2) is 0 Å². The molecule has 19 heavy (non-hydrogen) atoms. The SMILES string of the molecule is CCOC1(c2nc(C(C)(C)C)cs2)CCCC(C)C1. The smallest absolute Gasteiger partial charge is 0.125 e. The first kappa shape index (κ1) is 15.0. The Morgan fingerprint density at radius 3 is 2.74 bits per heavy atom. The Morgan fingerprint density at radius 1 is 1.47 bits per heavy atom. The van der Waals surface area contributed by atoms with Crippen LogP contribution in [0.3, 0.4) is 0 Å². The van der Waals surface area contributed by atoms with Crippen molar-refractivity contribution >= 4 is 11.3 Å². The first-order chi connectivity index (χ1) is 8.87. The molecule has 1 heterocycles. The van der Waals surface area contributed by atoms with E-state index < -0.39 is 0 Å². The molecular formula is C16H27NOS. The normalized spacial score (nSPS) is 28.6. The zero-order chi connectivity index (χ0) is 14.1. The summed E-state index contributed by atoms with van der Waals surface area (Å²) in [5.41, 5.74) is 1.22. The molecule has 108 valence electrons. The Hall–Kier alpha value is -0.410. The van der Waals surface area contributed by atoms with E-state index in [2.05, 4.69) is 40.0 Å². The third-order valence-electron chi connectivity index (χ3n) is 4.04. The Labute approximate surface area is 121 Å². The highest BCUT2D eigenvalue weighted by Crippen LogP contribution is 2.44. The van der Waals surface area contributed by atoms with Crippen LogP contribution in [0, 0.1) is 5.92 Å². The first-order valence-electron chi connectivity index (χ1n) is 7.48. The van der Waals surface area contributed by atoms with Crippen LogP contribution in [0.4, 0.5) is 0 Å². The van der Waals surface area contributed by atoms with Gasteiger partial charge in [-0.1, -0.05) is 34.1 Å². The quantitative estimate of drug-likeness (QED) is 0.787. The largest absolute Gasteiger partial charge is 0.368 e. The number of aromatic nitrogens is 1. The molecule has 0 aromatic carbocycles. The molecule has 1 fully saturated rings. The lowest BCUT2D eigenvalue weighted by Gasteiger charge is -2.38. The van der Waals surface area contributed by atoms with Crippen LogP contribution in [-0.2, 0) is 15.8 Å². The van der Waals surface area contributed by atoms with E-state index in [4.69, 9.17) is 9.72 Å². The van der Waals surface area contributed by atoms with E-state index in [1.165, 1.54) is 23.5 Å². The van der Waals surface area contributed by atoms with Crippen molar-refractivity contribution in [2.45, 2.75) is 71.3 Å². The molecule has 0 spiro atoms. The van der Waals surface area contributed by atoms with Crippen LogP contribution in [0.1, 0.15) is 71.0 Å². The van der Waals surface area contributed by atoms with Gasteiger partial charge in [0.1, 0.15) is 10.6 Å². The molecule has 2 nitrogen and oxygen atoms in total. The van der Waals surface area contributed by atoms with E-state index in [-0.39, 0.29) is 11.0 Å². The van der Waals surface area contributed by atoms with E-state index in [9.17, 15) is 0 Å². The van der Waals surface area contributed by atoms with Crippen LogP contribution in [0.25, 0.3) is 0 Å². The monoisotopic (exact) mass is 281 g/mol. The lowest BCUT2D eigenvalue weighted by atomic mass is 9.79. The van der Waals surface area contributed by atoms with Crippen LogP contribution < -0.4 is 0 Å². The molecule has 1 aliphatic rings. The van der Waals surface area contributed by atoms with Gasteiger partial charge in [0.05, 0.1) is 5.69 Å². The molecule has 0 N–H and O–H groups in total. The molecule has 1 saturated carbocycles. The van der Waals surface area contributed by atoms with Gasteiger partial charge in [0.25, 0.3) is 0 Å². The Balaban J connectivity index is 2.31. The van der Waals surface area contributed by atoms with Crippen molar-refractivity contribution in [2.24, 2.45) is 5.92 Å². The Morgan fingerprint density at radius 2 is 2.21 bits per heavy atom. The van der Waals surface area contributed by atoms with Crippen molar-refractivity contribution in [3.05, 3.63) is 16.1 Å². The highest BCUT2D eigenvalue weighted by Gasteiger charge is 2.40. The van der Waals surface area contributed by atoms with Crippen molar-refractivity contribution in [1.82, 2.24) is 4.98 Å². The molecule has 0 radical (unpaired) electrons. The number of thiazole rings is 1. The summed E-state index contributed by atoms with van der Waals surface area (Å²) in [6.07, 6.45) is 4.83. The highest BCUT2D eigenvalue weighted by atomic mass is 32.1. The fourth-order valence-corrected chi connectivity index (χ4v) is 4.23. The van der Waals surface area contributed by atoms with Gasteiger partial charge >= 0.3 is 0 Å². The number of hydrogen-bond donors (Lipinski definition) is 0. The van der Waals surface area contributed by atoms with Crippen molar-refractivity contribution in [3.8, 4) is 0 Å². The number of hydrogen-bond acceptors (Lipinski definition) is 3. The topological polar surface area (TPSA) is 22.1 Å². The lowest BCUT2D eigenvalue weighted by Crippen LogP contribution is -2.35. The van der Waals surface area contributed by atoms with Gasteiger partial charge in [-0.15, -0.1) is 11.3 Å². The van der Waals surface area contributed by atoms with Gasteiger partial charge in [-0.25, -0.2) is 4.98 Å². The van der Waals surface area contributed by atoms with Crippen LogP contribution in [0.2, 0.25) is 0 Å². The summed E-state index contributed by atoms with van der Waals surface area (Å²) in [6, 6.07) is 0. The number of rotatable bonds is 3. The third-order valence-corrected chi connectivity index (χ3v) is 5.07. The summed E-state index contributed by atoms with van der Waals surface area (Å²) in [5.74, 6) is 0.738. The zero-order valence-corrected chi connectivity index (χ0v) is 13.8. The molecule has 3 heteroatoms. The van der Waals surface area contributed by atoms with Gasteiger partial charge < -0.3 is 4.74 Å². The molecule has 2 atom stereocenters. The van der Waals surface area contributed by atoms with Gasteiger partial charge in [-0.2, -0.15) is 0 Å². The average molecular weight is 281 g/mol. The van der Waals surface area contributed by atoms with E-state index in [1.54, 1.807) is 11.3 Å². The summed E-state index contributed by atoms with van der Waals surface area (Å²) in [7, 11) is 0. The minimum Gasteiger partial charge on any atom is -0.368 e. The Bertz CT molecular complexity index is 417. The van der Waals surface area contributed by atoms with Gasteiger partial charge in [-0.05, 0) is 32.1 Å². The average Bonchev–Trinajstić information content (AvgIpc) is 2.78. The predicted octanol–water partition coefficient (Wildman–Crippen LogP) is 4.88. The molecule has 1 aromatic rings. The number of ether oxygens (including phenoxy) is 1. The van der Waals surface area contributed by atoms with Crippen LogP contribution in [-0.4, -0.2) is 11.6 Å². The third kappa shape index (κ3) is 3.19. The van der Waals surface area contributed by atoms with Crippen molar-refractivity contribution in [2.75, 3.05) is 6.61 Å². The van der Waals surface area contributed by atoms with Crippen LogP contribution >= 0.6 is 11.3 Å². The molecule has 0 aliphatic heterocycles. The van der Waals surface area contributed by atoms with Crippen LogP contribution in [0.5, 0.6) is 0 Å². The fourth-order valence-electron chi connectivity index (χ4n) is 2.99. The van der Waals surface area contributed by atoms with E-state index in [0.29, 0.717) is 0 Å². The standard InChI is InChI=1S/C16H27NOS/c1-6-18-16(9-7-8-12(2)10-16)14-17-13(11-19-14)15(3,4)5/h11-12H,6-10H2,1-5H3. The van der Waals surface area contributed by atoms with E-state index in [1.807, 2.05) is 0 Å². The second kappa shape index (κ2) is 5.53. The molecule has 0 amide bonds. The molecule has 0 saturated heterocycles. The summed E-state index contributed by atoms with van der Waals surface area (Å²) >= 11 is 1.79. The fraction of sp³-hybridized carbons (Fsp3) is 0.812. The summed E-state index contributed by atoms with van der Waals surface area (Å²) in [6.45, 7) is 11.9. The molecule has 1 aromatic heterocycles. The van der Waals surface area contributed by atoms with Gasteiger partial charge in [0.2, 0.25) is 0 Å². The minimum absolute atomic E-state index is 0.111. The lowest BCUT2D eigenvalue weighted by molar-refractivity contribution is -0.0821. The van der Waals surface area contributed by atoms with Crippen LogP contribution in [0.15, 0.2) is 5.38 Å². The summed E-state index contributed by atoms with van der Waals surface area (Å²) in [5, 5.41) is 3.42. The molecule has 1 aliphatic carbocycles. The maximum absolute atomic E-state index is 6.20. The van der Waals surface area contributed by atoms with Gasteiger partial charge in [0, 0.05) is 17.4 Å². The van der Waals surface area contributed by atoms with Crippen molar-refractivity contribution < 1.29 is 4.74 Å². The summed E-state index contributed by atoms with van der Waals surface area (Å²) in [4.78, 5) is 4.92. The molecule has 2 rings (SSSR count). The second-order valence-electron chi connectivity index (χ2n) is 6.92. The minimum atomic E-state index is -0.111. The Kier molecular flexibility index (Phi) is 4.36. The second-order valence-corrected chi connectivity index (χ2v) is 7.77. The molecule has 0 bridgehead atoms. The summed E-state index contributed by atoms with van der Waals surface area (Å²) < 4.78 is 6.20. The highest BCUT2D eigenvalue weighted by molar-refractivity contribution is 7.09. The maximum Gasteiger partial charge on any atom is 0.125 e. The first-order valence-corrected chi connectivity index (χ1v) is 8.36. The van der Waals surface area contributed by atoms with Crippen molar-refractivity contribution in [1.29, 1.82) is 0 Å². The van der Waals surface area contributed by atoms with E-state index >= 15 is 0 Å². The molecule has 2 unspecified atom stereocenters. The van der Waals surface area contributed by atoms with E-state index in [0.717, 1.165) is 25.4 Å².